The molecule has 6 heteroatoms. The molecule has 0 bridgehead atoms. The number of anilines is 1. The van der Waals surface area contributed by atoms with E-state index < -0.39 is 4.92 Å². The number of para-hydroxylation sites is 1. The van der Waals surface area contributed by atoms with Crippen LogP contribution in [0.3, 0.4) is 0 Å². The molecule has 3 aromatic carbocycles. The predicted molar refractivity (Wildman–Crippen MR) is 118 cm³/mol. The lowest BCUT2D eigenvalue weighted by Gasteiger charge is -2.13. The number of amides is 1. The number of hydrogen-bond donors (Lipinski definition) is 1. The second kappa shape index (κ2) is 7.75. The fourth-order valence-corrected chi connectivity index (χ4v) is 3.45. The Labute approximate surface area is 173 Å². The minimum atomic E-state index is -0.455. The first-order valence-electron chi connectivity index (χ1n) is 9.46. The first-order valence-corrected chi connectivity index (χ1v) is 9.46. The van der Waals surface area contributed by atoms with E-state index in [1.165, 1.54) is 12.1 Å². The van der Waals surface area contributed by atoms with E-state index in [4.69, 9.17) is 4.98 Å². The third-order valence-electron chi connectivity index (χ3n) is 5.05. The van der Waals surface area contributed by atoms with E-state index in [1.807, 2.05) is 55.5 Å². The fourth-order valence-electron chi connectivity index (χ4n) is 3.45. The third-order valence-corrected chi connectivity index (χ3v) is 5.05. The molecule has 0 aliphatic heterocycles. The van der Waals surface area contributed by atoms with Gasteiger partial charge in [0.1, 0.15) is 0 Å². The van der Waals surface area contributed by atoms with Gasteiger partial charge in [-0.25, -0.2) is 4.98 Å². The van der Waals surface area contributed by atoms with Gasteiger partial charge in [-0.1, -0.05) is 42.5 Å². The van der Waals surface area contributed by atoms with Gasteiger partial charge in [0, 0.05) is 28.8 Å². The molecule has 4 rings (SSSR count). The first-order chi connectivity index (χ1) is 14.4. The first kappa shape index (κ1) is 19.3. The number of nitro benzene ring substituents is 1. The number of aryl methyl sites for hydroxylation is 2. The van der Waals surface area contributed by atoms with Crippen molar-refractivity contribution in [1.82, 2.24) is 4.98 Å². The lowest BCUT2D eigenvalue weighted by atomic mass is 10.0. The van der Waals surface area contributed by atoms with E-state index in [0.29, 0.717) is 16.8 Å². The number of pyridine rings is 1. The van der Waals surface area contributed by atoms with E-state index in [1.54, 1.807) is 19.1 Å². The Balaban J connectivity index is 1.79. The van der Waals surface area contributed by atoms with Crippen LogP contribution >= 0.6 is 0 Å². The van der Waals surface area contributed by atoms with Gasteiger partial charge in [0.15, 0.2) is 0 Å². The molecule has 0 atom stereocenters. The molecular formula is C24H19N3O3. The van der Waals surface area contributed by atoms with E-state index >= 15 is 0 Å². The van der Waals surface area contributed by atoms with Crippen molar-refractivity contribution in [2.75, 3.05) is 5.32 Å². The lowest BCUT2D eigenvalue weighted by Crippen LogP contribution is -2.14. The van der Waals surface area contributed by atoms with Gasteiger partial charge in [-0.2, -0.15) is 0 Å². The van der Waals surface area contributed by atoms with Crippen LogP contribution in [-0.2, 0) is 0 Å². The summed E-state index contributed by atoms with van der Waals surface area (Å²) in [6.07, 6.45) is 0. The summed E-state index contributed by atoms with van der Waals surface area (Å²) in [6.45, 7) is 3.73. The zero-order valence-corrected chi connectivity index (χ0v) is 16.5. The van der Waals surface area contributed by atoms with Crippen LogP contribution in [0.1, 0.15) is 21.5 Å². The number of carbonyl (C=O) groups is 1. The third kappa shape index (κ3) is 3.63. The van der Waals surface area contributed by atoms with Gasteiger partial charge in [-0.15, -0.1) is 0 Å². The topological polar surface area (TPSA) is 85.1 Å². The standard InChI is InChI=1S/C24H19N3O3/c1-15-7-3-4-8-18(15)23-14-20(19-9-5-6-10-22(19)25-23)24(28)26-21-12-11-17(27(29)30)13-16(21)2/h3-14H,1-2H3,(H,26,28). The molecule has 6 nitrogen and oxygen atoms in total. The summed E-state index contributed by atoms with van der Waals surface area (Å²) in [7, 11) is 0. The highest BCUT2D eigenvalue weighted by molar-refractivity contribution is 6.13. The molecule has 0 saturated heterocycles. The van der Waals surface area contributed by atoms with Crippen molar-refractivity contribution in [1.29, 1.82) is 0 Å². The van der Waals surface area contributed by atoms with Crippen LogP contribution in [-0.4, -0.2) is 15.8 Å². The number of non-ortho nitro benzene ring substituents is 1. The molecule has 1 heterocycles. The maximum absolute atomic E-state index is 13.2. The van der Waals surface area contributed by atoms with Crippen molar-refractivity contribution < 1.29 is 9.72 Å². The SMILES string of the molecule is Cc1cc([N+](=O)[O-])ccc1NC(=O)c1cc(-c2ccccc2C)nc2ccccc12. The highest BCUT2D eigenvalue weighted by Gasteiger charge is 2.16. The van der Waals surface area contributed by atoms with Crippen molar-refractivity contribution in [3.8, 4) is 11.3 Å². The van der Waals surface area contributed by atoms with Crippen molar-refractivity contribution in [3.63, 3.8) is 0 Å². The Hall–Kier alpha value is -4.06. The molecule has 0 aliphatic rings. The Morgan fingerprint density at radius 1 is 0.933 bits per heavy atom. The number of aromatic nitrogens is 1. The van der Waals surface area contributed by atoms with Gasteiger partial charge in [-0.3, -0.25) is 14.9 Å². The van der Waals surface area contributed by atoms with Crippen molar-refractivity contribution in [2.45, 2.75) is 13.8 Å². The molecule has 0 spiro atoms. The average molecular weight is 397 g/mol. The van der Waals surface area contributed by atoms with Crippen LogP contribution in [0, 0.1) is 24.0 Å². The minimum Gasteiger partial charge on any atom is -0.322 e. The van der Waals surface area contributed by atoms with Gasteiger partial charge in [0.25, 0.3) is 11.6 Å². The van der Waals surface area contributed by atoms with Crippen LogP contribution < -0.4 is 5.32 Å². The van der Waals surface area contributed by atoms with Crippen molar-refractivity contribution in [3.05, 3.63) is 99.6 Å². The van der Waals surface area contributed by atoms with Crippen molar-refractivity contribution in [2.24, 2.45) is 0 Å². The summed E-state index contributed by atoms with van der Waals surface area (Å²) in [4.78, 5) is 28.5. The monoisotopic (exact) mass is 397 g/mol. The molecule has 0 saturated carbocycles. The van der Waals surface area contributed by atoms with Gasteiger partial charge < -0.3 is 5.32 Å². The smallest absolute Gasteiger partial charge is 0.269 e. The molecule has 0 aliphatic carbocycles. The Bertz CT molecular complexity index is 1300. The quantitative estimate of drug-likeness (QED) is 0.355. The summed E-state index contributed by atoms with van der Waals surface area (Å²) < 4.78 is 0. The van der Waals surface area contributed by atoms with E-state index in [9.17, 15) is 14.9 Å². The number of benzene rings is 3. The highest BCUT2D eigenvalue weighted by Crippen LogP contribution is 2.28. The molecule has 30 heavy (non-hydrogen) atoms. The van der Waals surface area contributed by atoms with Crippen LogP contribution in [0.2, 0.25) is 0 Å². The summed E-state index contributed by atoms with van der Waals surface area (Å²) in [5, 5.41) is 14.6. The molecular weight excluding hydrogens is 378 g/mol. The van der Waals surface area contributed by atoms with Crippen molar-refractivity contribution >= 4 is 28.2 Å². The Kier molecular flexibility index (Phi) is 4.98. The fraction of sp³-hybridized carbons (Fsp3) is 0.0833. The van der Waals surface area contributed by atoms with E-state index in [0.717, 1.165) is 27.7 Å². The maximum atomic E-state index is 13.2. The summed E-state index contributed by atoms with van der Waals surface area (Å²) in [5.74, 6) is -0.291. The molecule has 4 aromatic rings. The average Bonchev–Trinajstić information content (AvgIpc) is 2.74. The van der Waals surface area contributed by atoms with E-state index in [2.05, 4.69) is 5.32 Å². The number of carbonyl (C=O) groups excluding carboxylic acids is 1. The number of rotatable bonds is 4. The second-order valence-electron chi connectivity index (χ2n) is 7.10. The Morgan fingerprint density at radius 2 is 1.67 bits per heavy atom. The zero-order chi connectivity index (χ0) is 21.3. The number of nitrogens with one attached hydrogen (secondary N) is 1. The molecule has 1 aromatic heterocycles. The second-order valence-corrected chi connectivity index (χ2v) is 7.10. The summed E-state index contributed by atoms with van der Waals surface area (Å²) in [6, 6.07) is 21.6. The summed E-state index contributed by atoms with van der Waals surface area (Å²) >= 11 is 0. The van der Waals surface area contributed by atoms with Gasteiger partial charge in [0.2, 0.25) is 0 Å². The van der Waals surface area contributed by atoms with Crippen LogP contribution in [0.15, 0.2) is 72.8 Å². The van der Waals surface area contributed by atoms with E-state index in [-0.39, 0.29) is 11.6 Å². The molecule has 0 fully saturated rings. The zero-order valence-electron chi connectivity index (χ0n) is 16.5. The van der Waals surface area contributed by atoms with Gasteiger partial charge >= 0.3 is 0 Å². The van der Waals surface area contributed by atoms with Crippen LogP contribution in [0.25, 0.3) is 22.2 Å². The summed E-state index contributed by atoms with van der Waals surface area (Å²) in [5.41, 5.74) is 5.11. The lowest BCUT2D eigenvalue weighted by molar-refractivity contribution is -0.384. The maximum Gasteiger partial charge on any atom is 0.269 e. The predicted octanol–water partition coefficient (Wildman–Crippen LogP) is 5.68. The normalized spacial score (nSPS) is 10.7. The number of nitrogens with zero attached hydrogens (tertiary/aromatic N) is 2. The van der Waals surface area contributed by atoms with Gasteiger partial charge in [-0.05, 0) is 43.2 Å². The number of fused-ring (bicyclic) bond motifs is 1. The molecule has 1 N–H and O–H groups in total. The number of nitro groups is 1. The molecule has 148 valence electrons. The number of hydrogen-bond acceptors (Lipinski definition) is 4. The molecule has 0 radical (unpaired) electrons. The van der Waals surface area contributed by atoms with Gasteiger partial charge in [0.05, 0.1) is 21.7 Å². The van der Waals surface area contributed by atoms with Crippen LogP contribution in [0.5, 0.6) is 0 Å². The highest BCUT2D eigenvalue weighted by atomic mass is 16.6. The molecule has 0 unspecified atom stereocenters. The minimum absolute atomic E-state index is 0.0123. The molecule has 1 amide bonds. The largest absolute Gasteiger partial charge is 0.322 e. The van der Waals surface area contributed by atoms with Crippen LogP contribution in [0.4, 0.5) is 11.4 Å². The Morgan fingerprint density at radius 3 is 2.40 bits per heavy atom.